The first kappa shape index (κ1) is 36.7. The first-order chi connectivity index (χ1) is 22.7. The van der Waals surface area contributed by atoms with E-state index in [2.05, 4.69) is 0 Å². The molecule has 0 saturated carbocycles. The Morgan fingerprint density at radius 3 is 1.88 bits per heavy atom. The molecular formula is C31H38O17. The minimum atomic E-state index is -2.35. The minimum absolute atomic E-state index is 0.120. The summed E-state index contributed by atoms with van der Waals surface area (Å²) in [6, 6.07) is 8.90. The standard InChI is InChI=1S/C31H38O17/c1-15(32)38-13-23-25(41-17(3)34)28(44-20(6)37)31(47-23,14-40-16(2)33)48-30-27(43-19(5)36)26(42-18(4)35)24-22(45-30)12-39-29(46-24)21-10-8-7-9-11-21/h7-11,22-30H,12-14H2,1-6H3/t22-,23-,24-,25-,26+,27-,28+,29-,30-,31+/m1/s1. The van der Waals surface area contributed by atoms with Gasteiger partial charge in [0, 0.05) is 47.1 Å². The van der Waals surface area contributed by atoms with Crippen LogP contribution in [-0.2, 0) is 80.9 Å². The Balaban J connectivity index is 1.77. The topological polar surface area (TPSA) is 204 Å². The van der Waals surface area contributed by atoms with Crippen LogP contribution in [0.4, 0.5) is 0 Å². The molecule has 1 aromatic rings. The molecule has 1 aromatic carbocycles. The summed E-state index contributed by atoms with van der Waals surface area (Å²) in [7, 11) is 0. The van der Waals surface area contributed by atoms with Gasteiger partial charge in [-0.1, -0.05) is 30.3 Å². The summed E-state index contributed by atoms with van der Waals surface area (Å²) in [5.74, 6) is -7.17. The summed E-state index contributed by atoms with van der Waals surface area (Å²) in [4.78, 5) is 73.1. The Labute approximate surface area is 275 Å². The van der Waals surface area contributed by atoms with Gasteiger partial charge in [-0.2, -0.15) is 0 Å². The summed E-state index contributed by atoms with van der Waals surface area (Å²) in [6.45, 7) is 5.16. The van der Waals surface area contributed by atoms with E-state index in [1.807, 2.05) is 6.07 Å². The fourth-order valence-electron chi connectivity index (χ4n) is 5.54. The van der Waals surface area contributed by atoms with Crippen molar-refractivity contribution in [3.05, 3.63) is 35.9 Å². The quantitative estimate of drug-likeness (QED) is 0.234. The lowest BCUT2D eigenvalue weighted by Crippen LogP contribution is -2.66. The van der Waals surface area contributed by atoms with Crippen molar-refractivity contribution in [2.24, 2.45) is 0 Å². The highest BCUT2D eigenvalue weighted by Gasteiger charge is 2.65. The molecular weight excluding hydrogens is 644 g/mol. The second kappa shape index (κ2) is 15.8. The van der Waals surface area contributed by atoms with Crippen LogP contribution in [0.3, 0.4) is 0 Å². The third kappa shape index (κ3) is 9.04. The van der Waals surface area contributed by atoms with E-state index in [1.54, 1.807) is 24.3 Å². The number of hydrogen-bond acceptors (Lipinski definition) is 17. The zero-order valence-electron chi connectivity index (χ0n) is 27.1. The van der Waals surface area contributed by atoms with Gasteiger partial charge in [-0.25, -0.2) is 0 Å². The molecule has 0 unspecified atom stereocenters. The number of ether oxygens (including phenoxy) is 11. The van der Waals surface area contributed by atoms with Gasteiger partial charge in [-0.15, -0.1) is 0 Å². The van der Waals surface area contributed by atoms with Gasteiger partial charge >= 0.3 is 35.8 Å². The van der Waals surface area contributed by atoms with Crippen LogP contribution in [0, 0.1) is 0 Å². The van der Waals surface area contributed by atoms with Crippen LogP contribution < -0.4 is 0 Å². The molecule has 4 rings (SSSR count). The molecule has 0 radical (unpaired) electrons. The number of rotatable bonds is 11. The molecule has 3 heterocycles. The van der Waals surface area contributed by atoms with E-state index in [4.69, 9.17) is 52.1 Å². The van der Waals surface area contributed by atoms with Crippen LogP contribution >= 0.6 is 0 Å². The highest BCUT2D eigenvalue weighted by Crippen LogP contribution is 2.43. The molecule has 48 heavy (non-hydrogen) atoms. The van der Waals surface area contributed by atoms with E-state index >= 15 is 0 Å². The Kier molecular flexibility index (Phi) is 12.1. The Morgan fingerprint density at radius 1 is 0.708 bits per heavy atom. The van der Waals surface area contributed by atoms with E-state index in [-0.39, 0.29) is 6.61 Å². The molecule has 0 N–H and O–H groups in total. The lowest BCUT2D eigenvalue weighted by atomic mass is 9.96. The maximum absolute atomic E-state index is 12.4. The van der Waals surface area contributed by atoms with Crippen LogP contribution in [0.5, 0.6) is 0 Å². The van der Waals surface area contributed by atoms with Gasteiger partial charge in [0.15, 0.2) is 30.7 Å². The van der Waals surface area contributed by atoms with Crippen molar-refractivity contribution in [1.82, 2.24) is 0 Å². The summed E-state index contributed by atoms with van der Waals surface area (Å²) in [5.41, 5.74) is 0.652. The van der Waals surface area contributed by atoms with Crippen LogP contribution in [0.1, 0.15) is 53.4 Å². The molecule has 17 nitrogen and oxygen atoms in total. The maximum Gasteiger partial charge on any atom is 0.303 e. The van der Waals surface area contributed by atoms with Gasteiger partial charge in [0.1, 0.15) is 31.5 Å². The van der Waals surface area contributed by atoms with Gasteiger partial charge in [0.2, 0.25) is 12.1 Å². The van der Waals surface area contributed by atoms with Crippen molar-refractivity contribution in [3.8, 4) is 0 Å². The Hall–Kier alpha value is -4.16. The van der Waals surface area contributed by atoms with Crippen molar-refractivity contribution in [3.63, 3.8) is 0 Å². The summed E-state index contributed by atoms with van der Waals surface area (Å²) in [6.07, 6.45) is -12.1. The van der Waals surface area contributed by atoms with E-state index < -0.39 is 110 Å². The molecule has 0 amide bonds. The lowest BCUT2D eigenvalue weighted by molar-refractivity contribution is -0.406. The number of carbonyl (C=O) groups is 6. The number of esters is 6. The average molecular weight is 683 g/mol. The van der Waals surface area contributed by atoms with Gasteiger partial charge in [-0.05, 0) is 0 Å². The van der Waals surface area contributed by atoms with Crippen LogP contribution in [0.25, 0.3) is 0 Å². The molecule has 10 atom stereocenters. The predicted octanol–water partition coefficient (Wildman–Crippen LogP) is 0.790. The molecule has 264 valence electrons. The second-order valence-corrected chi connectivity index (χ2v) is 11.1. The maximum atomic E-state index is 12.4. The first-order valence-corrected chi connectivity index (χ1v) is 15.0. The van der Waals surface area contributed by atoms with Crippen LogP contribution in [0.15, 0.2) is 30.3 Å². The fraction of sp³-hybridized carbons (Fsp3) is 0.613. The molecule has 0 bridgehead atoms. The normalized spacial score (nSPS) is 32.6. The molecule has 3 fully saturated rings. The molecule has 3 aliphatic rings. The zero-order valence-corrected chi connectivity index (χ0v) is 27.1. The molecule has 0 aromatic heterocycles. The molecule has 0 spiro atoms. The fourth-order valence-corrected chi connectivity index (χ4v) is 5.54. The lowest BCUT2D eigenvalue weighted by Gasteiger charge is -2.49. The molecule has 3 aliphatic heterocycles. The third-order valence-electron chi connectivity index (χ3n) is 7.25. The van der Waals surface area contributed by atoms with Crippen molar-refractivity contribution in [1.29, 1.82) is 0 Å². The van der Waals surface area contributed by atoms with E-state index in [0.29, 0.717) is 5.56 Å². The summed E-state index contributed by atoms with van der Waals surface area (Å²) in [5, 5.41) is 0. The summed E-state index contributed by atoms with van der Waals surface area (Å²) < 4.78 is 63.3. The first-order valence-electron chi connectivity index (χ1n) is 15.0. The number of carbonyl (C=O) groups excluding carboxylic acids is 6. The number of hydrogen-bond donors (Lipinski definition) is 0. The number of fused-ring (bicyclic) bond motifs is 1. The highest BCUT2D eigenvalue weighted by molar-refractivity contribution is 5.69. The van der Waals surface area contributed by atoms with Crippen molar-refractivity contribution >= 4 is 35.8 Å². The van der Waals surface area contributed by atoms with Crippen molar-refractivity contribution in [2.75, 3.05) is 19.8 Å². The summed E-state index contributed by atoms with van der Waals surface area (Å²) >= 11 is 0. The highest BCUT2D eigenvalue weighted by atomic mass is 16.8. The van der Waals surface area contributed by atoms with Gasteiger partial charge in [-0.3, -0.25) is 28.8 Å². The number of benzene rings is 1. The van der Waals surface area contributed by atoms with Gasteiger partial charge in [0.25, 0.3) is 0 Å². The van der Waals surface area contributed by atoms with Gasteiger partial charge in [0.05, 0.1) is 6.61 Å². The van der Waals surface area contributed by atoms with Crippen molar-refractivity contribution in [2.45, 2.75) is 103 Å². The zero-order chi connectivity index (χ0) is 35.2. The van der Waals surface area contributed by atoms with Crippen LogP contribution in [-0.4, -0.2) is 110 Å². The third-order valence-corrected chi connectivity index (χ3v) is 7.25. The average Bonchev–Trinajstić information content (AvgIpc) is 3.27. The van der Waals surface area contributed by atoms with E-state index in [9.17, 15) is 28.8 Å². The van der Waals surface area contributed by atoms with Crippen molar-refractivity contribution < 1.29 is 80.9 Å². The smallest absolute Gasteiger partial charge is 0.303 e. The molecule has 0 aliphatic carbocycles. The van der Waals surface area contributed by atoms with Crippen LogP contribution in [0.2, 0.25) is 0 Å². The minimum Gasteiger partial charge on any atom is -0.463 e. The Morgan fingerprint density at radius 2 is 1.29 bits per heavy atom. The van der Waals surface area contributed by atoms with E-state index in [0.717, 1.165) is 41.5 Å². The monoisotopic (exact) mass is 682 g/mol. The second-order valence-electron chi connectivity index (χ2n) is 11.1. The molecule has 17 heteroatoms. The van der Waals surface area contributed by atoms with Gasteiger partial charge < -0.3 is 52.1 Å². The molecule has 3 saturated heterocycles. The van der Waals surface area contributed by atoms with E-state index in [1.165, 1.54) is 0 Å². The largest absolute Gasteiger partial charge is 0.463 e. The predicted molar refractivity (Wildman–Crippen MR) is 153 cm³/mol. The SMILES string of the molecule is CC(=O)OC[C@H]1O[C@@](COC(C)=O)(O[C@H]2O[C@@H]3CO[C@@H](c4ccccc4)O[C@H]3[C@H](OC(C)=O)[C@H]2OC(C)=O)[C@@H](OC(C)=O)[C@@H]1OC(C)=O. The Bertz CT molecular complexity index is 1350.